The highest BCUT2D eigenvalue weighted by molar-refractivity contribution is 5.86. The molecule has 0 radical (unpaired) electrons. The van der Waals surface area contributed by atoms with Crippen LogP contribution < -0.4 is 10.5 Å². The summed E-state index contributed by atoms with van der Waals surface area (Å²) in [5, 5.41) is 0. The fourth-order valence-corrected chi connectivity index (χ4v) is 2.19. The van der Waals surface area contributed by atoms with Crippen LogP contribution in [0, 0.1) is 5.92 Å². The van der Waals surface area contributed by atoms with E-state index in [1.165, 1.54) is 19.5 Å². The first kappa shape index (κ1) is 12.8. The van der Waals surface area contributed by atoms with Crippen LogP contribution in [0.2, 0.25) is 0 Å². The molecule has 0 saturated heterocycles. The molecule has 2 unspecified atom stereocenters. The van der Waals surface area contributed by atoms with E-state index in [9.17, 15) is 4.79 Å². The van der Waals surface area contributed by atoms with Gasteiger partial charge in [-0.3, -0.25) is 4.98 Å². The van der Waals surface area contributed by atoms with Crippen LogP contribution in [0.25, 0.3) is 0 Å². The number of esters is 1. The molecule has 1 fully saturated rings. The SMILES string of the molecule is COC(=O)c1cncc(OC2CCCC2CN)n1. The molecule has 0 aromatic carbocycles. The lowest BCUT2D eigenvalue weighted by Gasteiger charge is -2.18. The van der Waals surface area contributed by atoms with Crippen LogP contribution in [0.1, 0.15) is 29.8 Å². The van der Waals surface area contributed by atoms with Crippen LogP contribution in [0.5, 0.6) is 5.88 Å². The predicted octanol–water partition coefficient (Wildman–Crippen LogP) is 0.769. The second-order valence-electron chi connectivity index (χ2n) is 4.32. The van der Waals surface area contributed by atoms with Crippen molar-refractivity contribution in [3.63, 3.8) is 0 Å². The molecule has 1 aromatic rings. The molecule has 1 aliphatic rings. The number of hydrogen-bond donors (Lipinski definition) is 1. The topological polar surface area (TPSA) is 87.3 Å². The summed E-state index contributed by atoms with van der Waals surface area (Å²) in [5.41, 5.74) is 5.84. The Hall–Kier alpha value is -1.69. The molecular weight excluding hydrogens is 234 g/mol. The maximum absolute atomic E-state index is 11.3. The molecule has 2 rings (SSSR count). The quantitative estimate of drug-likeness (QED) is 0.795. The Balaban J connectivity index is 2.07. The van der Waals surface area contributed by atoms with Gasteiger partial charge in [-0.25, -0.2) is 9.78 Å². The van der Waals surface area contributed by atoms with E-state index in [4.69, 9.17) is 10.5 Å². The molecule has 1 heterocycles. The van der Waals surface area contributed by atoms with Gasteiger partial charge in [0.15, 0.2) is 5.69 Å². The summed E-state index contributed by atoms with van der Waals surface area (Å²) in [6, 6.07) is 0. The van der Waals surface area contributed by atoms with Crippen LogP contribution in [0.4, 0.5) is 0 Å². The molecule has 2 atom stereocenters. The number of nitrogens with two attached hydrogens (primary N) is 1. The minimum atomic E-state index is -0.519. The lowest BCUT2D eigenvalue weighted by atomic mass is 10.1. The van der Waals surface area contributed by atoms with Crippen LogP contribution in [-0.4, -0.2) is 35.7 Å². The van der Waals surface area contributed by atoms with Gasteiger partial charge in [-0.1, -0.05) is 0 Å². The molecule has 1 aliphatic carbocycles. The van der Waals surface area contributed by atoms with E-state index in [0.717, 1.165) is 19.3 Å². The maximum Gasteiger partial charge on any atom is 0.358 e. The lowest BCUT2D eigenvalue weighted by Crippen LogP contribution is -2.28. The Labute approximate surface area is 106 Å². The van der Waals surface area contributed by atoms with Crippen molar-refractivity contribution in [3.8, 4) is 5.88 Å². The zero-order valence-corrected chi connectivity index (χ0v) is 10.3. The fourth-order valence-electron chi connectivity index (χ4n) is 2.19. The lowest BCUT2D eigenvalue weighted by molar-refractivity contribution is 0.0590. The molecule has 0 aliphatic heterocycles. The number of hydrogen-bond acceptors (Lipinski definition) is 6. The second-order valence-corrected chi connectivity index (χ2v) is 4.32. The van der Waals surface area contributed by atoms with Gasteiger partial charge in [-0.05, 0) is 25.8 Å². The van der Waals surface area contributed by atoms with Gasteiger partial charge in [0.05, 0.1) is 19.5 Å². The maximum atomic E-state index is 11.3. The Morgan fingerprint density at radius 3 is 3.06 bits per heavy atom. The average molecular weight is 251 g/mol. The van der Waals surface area contributed by atoms with Crippen molar-refractivity contribution in [1.82, 2.24) is 9.97 Å². The van der Waals surface area contributed by atoms with Crippen molar-refractivity contribution in [2.45, 2.75) is 25.4 Å². The third-order valence-corrected chi connectivity index (χ3v) is 3.17. The summed E-state index contributed by atoms with van der Waals surface area (Å²) in [5.74, 6) is 0.187. The van der Waals surface area contributed by atoms with Crippen molar-refractivity contribution in [2.24, 2.45) is 11.7 Å². The van der Waals surface area contributed by atoms with E-state index in [1.54, 1.807) is 0 Å². The highest BCUT2D eigenvalue weighted by Crippen LogP contribution is 2.28. The van der Waals surface area contributed by atoms with Crippen molar-refractivity contribution < 1.29 is 14.3 Å². The molecule has 0 bridgehead atoms. The number of aromatic nitrogens is 2. The first-order valence-corrected chi connectivity index (χ1v) is 6.01. The van der Waals surface area contributed by atoms with Gasteiger partial charge in [0, 0.05) is 5.92 Å². The summed E-state index contributed by atoms with van der Waals surface area (Å²) in [6.07, 6.45) is 6.07. The molecule has 6 nitrogen and oxygen atoms in total. The monoisotopic (exact) mass is 251 g/mol. The summed E-state index contributed by atoms with van der Waals surface area (Å²) < 4.78 is 10.3. The van der Waals surface area contributed by atoms with E-state index in [0.29, 0.717) is 18.3 Å². The number of nitrogens with zero attached hydrogens (tertiary/aromatic N) is 2. The first-order chi connectivity index (χ1) is 8.74. The minimum absolute atomic E-state index is 0.0668. The van der Waals surface area contributed by atoms with Crippen molar-refractivity contribution >= 4 is 5.97 Å². The number of carbonyl (C=O) groups is 1. The van der Waals surface area contributed by atoms with E-state index in [1.807, 2.05) is 0 Å². The molecule has 18 heavy (non-hydrogen) atoms. The second kappa shape index (κ2) is 5.77. The first-order valence-electron chi connectivity index (χ1n) is 6.01. The number of methoxy groups -OCH3 is 1. The van der Waals surface area contributed by atoms with E-state index < -0.39 is 5.97 Å². The van der Waals surface area contributed by atoms with Gasteiger partial charge in [-0.15, -0.1) is 0 Å². The zero-order chi connectivity index (χ0) is 13.0. The van der Waals surface area contributed by atoms with Gasteiger partial charge < -0.3 is 15.2 Å². The van der Waals surface area contributed by atoms with Crippen molar-refractivity contribution in [2.75, 3.05) is 13.7 Å². The molecular formula is C12H17N3O3. The van der Waals surface area contributed by atoms with E-state index >= 15 is 0 Å². The normalized spacial score (nSPS) is 22.8. The Morgan fingerprint density at radius 2 is 2.33 bits per heavy atom. The molecule has 6 heteroatoms. The molecule has 1 aromatic heterocycles. The highest BCUT2D eigenvalue weighted by atomic mass is 16.5. The summed E-state index contributed by atoms with van der Waals surface area (Å²) in [7, 11) is 1.30. The van der Waals surface area contributed by atoms with Crippen LogP contribution in [0.3, 0.4) is 0 Å². The number of carbonyl (C=O) groups excluding carboxylic acids is 1. The van der Waals surface area contributed by atoms with Crippen molar-refractivity contribution in [1.29, 1.82) is 0 Å². The molecule has 2 N–H and O–H groups in total. The van der Waals surface area contributed by atoms with E-state index in [2.05, 4.69) is 14.7 Å². The molecule has 0 spiro atoms. The van der Waals surface area contributed by atoms with Crippen LogP contribution >= 0.6 is 0 Å². The smallest absolute Gasteiger partial charge is 0.358 e. The summed E-state index contributed by atoms with van der Waals surface area (Å²) in [6.45, 7) is 0.606. The predicted molar refractivity (Wildman–Crippen MR) is 64.2 cm³/mol. The highest BCUT2D eigenvalue weighted by Gasteiger charge is 2.28. The summed E-state index contributed by atoms with van der Waals surface area (Å²) >= 11 is 0. The number of rotatable bonds is 4. The van der Waals surface area contributed by atoms with Gasteiger partial charge >= 0.3 is 5.97 Å². The molecule has 98 valence electrons. The zero-order valence-electron chi connectivity index (χ0n) is 10.3. The van der Waals surface area contributed by atoms with Gasteiger partial charge in [0.1, 0.15) is 6.10 Å². The Kier molecular flexibility index (Phi) is 4.09. The molecule has 0 amide bonds. The average Bonchev–Trinajstić information content (AvgIpc) is 2.85. The van der Waals surface area contributed by atoms with Gasteiger partial charge in [0.2, 0.25) is 5.88 Å². The van der Waals surface area contributed by atoms with Crippen LogP contribution in [0.15, 0.2) is 12.4 Å². The number of ether oxygens (including phenoxy) is 2. The van der Waals surface area contributed by atoms with Gasteiger partial charge in [0.25, 0.3) is 0 Å². The summed E-state index contributed by atoms with van der Waals surface area (Å²) in [4.78, 5) is 19.3. The van der Waals surface area contributed by atoms with Crippen LogP contribution in [-0.2, 0) is 4.74 Å². The standard InChI is InChI=1S/C12H17N3O3/c1-17-12(16)9-6-14-7-11(15-9)18-10-4-2-3-8(10)5-13/h6-8,10H,2-5,13H2,1H3. The third kappa shape index (κ3) is 2.76. The Bertz CT molecular complexity index is 425. The largest absolute Gasteiger partial charge is 0.473 e. The third-order valence-electron chi connectivity index (χ3n) is 3.17. The van der Waals surface area contributed by atoms with Gasteiger partial charge in [-0.2, -0.15) is 0 Å². The minimum Gasteiger partial charge on any atom is -0.473 e. The Morgan fingerprint density at radius 1 is 1.50 bits per heavy atom. The fraction of sp³-hybridized carbons (Fsp3) is 0.583. The molecule has 1 saturated carbocycles. The van der Waals surface area contributed by atoms with Crippen molar-refractivity contribution in [3.05, 3.63) is 18.1 Å². The van der Waals surface area contributed by atoms with E-state index in [-0.39, 0.29) is 11.8 Å².